The normalized spacial score (nSPS) is 11.7. The van der Waals surface area contributed by atoms with E-state index in [1.54, 1.807) is 0 Å². The van der Waals surface area contributed by atoms with Gasteiger partial charge in [-0.1, -0.05) is 5.46 Å². The minimum atomic E-state index is -0.583. The molecule has 2 N–H and O–H groups in total. The van der Waals surface area contributed by atoms with Gasteiger partial charge in [0, 0.05) is 30.3 Å². The summed E-state index contributed by atoms with van der Waals surface area (Å²) in [5.74, 6) is -1.17. The molecular weight excluding hydrogens is 331 g/mol. The summed E-state index contributed by atoms with van der Waals surface area (Å²) in [5, 5.41) is 0. The first-order chi connectivity index (χ1) is 7.04. The number of primary amides is 1. The predicted octanol–water partition coefficient (Wildman–Crippen LogP) is -0.195. The fourth-order valence-electron chi connectivity index (χ4n) is 1.04. The van der Waals surface area contributed by atoms with Gasteiger partial charge in [0.1, 0.15) is 14.4 Å². The molecule has 0 saturated heterocycles. The van der Waals surface area contributed by atoms with Crippen molar-refractivity contribution < 1.29 is 9.18 Å². The molecule has 0 unspecified atom stereocenters. The van der Waals surface area contributed by atoms with Gasteiger partial charge in [-0.05, 0) is 12.3 Å². The fraction of sp³-hybridized carbons (Fsp3) is 0.143. The maximum absolute atomic E-state index is 13.4. The van der Waals surface area contributed by atoms with E-state index in [1.165, 1.54) is 10.8 Å². The minimum Gasteiger partial charge on any atom is -0.368 e. The number of hydrogen-bond donors (Lipinski definition) is 1. The Morgan fingerprint density at radius 3 is 3.00 bits per heavy atom. The molecule has 1 aromatic heterocycles. The van der Waals surface area contributed by atoms with E-state index < -0.39 is 11.7 Å². The van der Waals surface area contributed by atoms with Crippen LogP contribution in [0.5, 0.6) is 0 Å². The second kappa shape index (κ2) is 5.54. The smallest absolute Gasteiger partial charge is 0.237 e. The van der Waals surface area contributed by atoms with Crippen LogP contribution in [-0.4, -0.2) is 18.3 Å². The summed E-state index contributed by atoms with van der Waals surface area (Å²) in [5.41, 5.74) is 5.27. The summed E-state index contributed by atoms with van der Waals surface area (Å²) in [4.78, 5) is 10.7. The van der Waals surface area contributed by atoms with Crippen molar-refractivity contribution in [2.75, 3.05) is 0 Å². The number of amides is 1. The Labute approximate surface area is 103 Å². The second-order valence-electron chi connectivity index (χ2n) is 2.70. The van der Waals surface area contributed by atoms with Crippen molar-refractivity contribution in [3.05, 3.63) is 23.6 Å². The molecule has 1 aromatic rings. The van der Waals surface area contributed by atoms with Crippen LogP contribution in [0, 0.1) is 5.82 Å². The number of aromatic nitrogens is 1. The molecule has 0 aliphatic heterocycles. The van der Waals surface area contributed by atoms with E-state index >= 15 is 0 Å². The Hall–Kier alpha value is -0.505. The van der Waals surface area contributed by atoms with Crippen LogP contribution in [-0.2, 0) is 11.3 Å². The lowest BCUT2D eigenvalue weighted by Gasteiger charge is -2.06. The third-order valence-corrected chi connectivity index (χ3v) is 2.36. The molecule has 0 bridgehead atoms. The molecule has 0 aliphatic rings. The number of halogens is 2. The first kappa shape index (κ1) is 12.6. The first-order valence-electron chi connectivity index (χ1n) is 3.80. The minimum absolute atomic E-state index is 0.0439. The largest absolute Gasteiger partial charge is 0.368 e. The van der Waals surface area contributed by atoms with Gasteiger partial charge in [-0.3, -0.25) is 4.79 Å². The number of nitrogens with zero attached hydrogens (tertiary/aromatic N) is 2. The Bertz CT molecular complexity index is 450. The number of rotatable bonds is 3. The van der Waals surface area contributed by atoms with Gasteiger partial charge < -0.3 is 10.3 Å². The predicted molar refractivity (Wildman–Crippen MR) is 66.1 cm³/mol. The Kier molecular flexibility index (Phi) is 4.64. The zero-order valence-electron chi connectivity index (χ0n) is 7.48. The van der Waals surface area contributed by atoms with Crippen molar-refractivity contribution in [1.29, 1.82) is 0 Å². The van der Waals surface area contributed by atoms with Crippen molar-refractivity contribution in [2.24, 2.45) is 10.1 Å². The van der Waals surface area contributed by atoms with E-state index in [-0.39, 0.29) is 17.5 Å². The summed E-state index contributed by atoms with van der Waals surface area (Å²) in [7, 11) is 6.49. The van der Waals surface area contributed by atoms with Crippen LogP contribution in [0.2, 0.25) is 0 Å². The van der Waals surface area contributed by atoms with E-state index in [2.05, 4.69) is 4.40 Å². The lowest BCUT2D eigenvalue weighted by molar-refractivity contribution is -0.118. The molecule has 2 radical (unpaired) electrons. The molecule has 4 nitrogen and oxygen atoms in total. The highest BCUT2D eigenvalue weighted by Gasteiger charge is 2.04. The molecule has 0 fully saturated rings. The number of carbonyl (C=O) groups excluding carboxylic acids is 1. The maximum atomic E-state index is 13.4. The summed E-state index contributed by atoms with van der Waals surface area (Å²) in [6, 6.07) is 1.14. The van der Waals surface area contributed by atoms with Gasteiger partial charge in [-0.25, -0.2) is 4.39 Å². The van der Waals surface area contributed by atoms with Crippen LogP contribution in [0.4, 0.5) is 4.39 Å². The Balaban J connectivity index is 3.33. The van der Waals surface area contributed by atoms with Crippen LogP contribution in [0.3, 0.4) is 0 Å². The molecule has 0 atom stereocenters. The lowest BCUT2D eigenvalue weighted by atomic mass is 9.99. The molecule has 8 heteroatoms. The molecule has 0 aliphatic carbocycles. The molecule has 1 amide bonds. The SMILES string of the molecule is [B]c1cc(F)/c(=N\SI)n(CC(N)=O)c1. The quantitative estimate of drug-likeness (QED) is 0.472. The standard InChI is InChI=1S/C7H6BFIN3OS/c8-4-1-5(9)7(12-15-10)13(2-4)3-6(11)14/h1-2H,3H2,(H2,11,14)/b12-7+. The molecule has 1 rings (SSSR count). The molecule has 15 heavy (non-hydrogen) atoms. The van der Waals surface area contributed by atoms with Crippen molar-refractivity contribution in [1.82, 2.24) is 4.57 Å². The van der Waals surface area contributed by atoms with Crippen LogP contribution < -0.4 is 16.7 Å². The maximum Gasteiger partial charge on any atom is 0.237 e. The number of hydrogen-bond acceptors (Lipinski definition) is 3. The lowest BCUT2D eigenvalue weighted by Crippen LogP contribution is -2.33. The first-order valence-corrected chi connectivity index (χ1v) is 7.11. The van der Waals surface area contributed by atoms with Gasteiger partial charge in [0.05, 0.1) is 0 Å². The highest BCUT2D eigenvalue weighted by atomic mass is 127. The third-order valence-electron chi connectivity index (χ3n) is 1.53. The molecule has 0 saturated carbocycles. The van der Waals surface area contributed by atoms with Crippen LogP contribution >= 0.6 is 30.3 Å². The van der Waals surface area contributed by atoms with Gasteiger partial charge in [0.2, 0.25) is 5.91 Å². The van der Waals surface area contributed by atoms with Gasteiger partial charge in [0.25, 0.3) is 0 Å². The molecular formula is C7H6BFIN3OS. The molecule has 1 heterocycles. The van der Waals surface area contributed by atoms with E-state index in [0.717, 1.165) is 15.2 Å². The van der Waals surface area contributed by atoms with Crippen LogP contribution in [0.15, 0.2) is 16.7 Å². The highest BCUT2D eigenvalue weighted by molar-refractivity contribution is 14.2. The highest BCUT2D eigenvalue weighted by Crippen LogP contribution is 2.10. The van der Waals surface area contributed by atoms with Crippen molar-refractivity contribution in [2.45, 2.75) is 6.54 Å². The molecule has 78 valence electrons. The van der Waals surface area contributed by atoms with Gasteiger partial charge in [-0.15, -0.1) is 0 Å². The fourth-order valence-corrected chi connectivity index (χ4v) is 1.86. The number of carbonyl (C=O) groups is 1. The third kappa shape index (κ3) is 3.52. The Morgan fingerprint density at radius 2 is 2.47 bits per heavy atom. The van der Waals surface area contributed by atoms with Crippen LogP contribution in [0.1, 0.15) is 0 Å². The second-order valence-corrected chi connectivity index (χ2v) is 4.20. The van der Waals surface area contributed by atoms with Gasteiger partial charge >= 0.3 is 0 Å². The van der Waals surface area contributed by atoms with Crippen LogP contribution in [0.25, 0.3) is 0 Å². The van der Waals surface area contributed by atoms with E-state index in [1.807, 2.05) is 21.2 Å². The van der Waals surface area contributed by atoms with E-state index in [0.29, 0.717) is 0 Å². The summed E-state index contributed by atoms with van der Waals surface area (Å²) in [6.07, 6.45) is 1.42. The van der Waals surface area contributed by atoms with E-state index in [9.17, 15) is 9.18 Å². The average molecular weight is 337 g/mol. The number of pyridine rings is 1. The summed E-state index contributed by atoms with van der Waals surface area (Å²) >= 11 is 1.89. The topological polar surface area (TPSA) is 60.4 Å². The zero-order valence-corrected chi connectivity index (χ0v) is 10.5. The molecule has 0 spiro atoms. The number of nitrogens with two attached hydrogens (primary N) is 1. The Morgan fingerprint density at radius 1 is 1.80 bits per heavy atom. The van der Waals surface area contributed by atoms with Crippen molar-refractivity contribution in [3.8, 4) is 0 Å². The van der Waals surface area contributed by atoms with Gasteiger partial charge in [-0.2, -0.15) is 4.40 Å². The van der Waals surface area contributed by atoms with E-state index in [4.69, 9.17) is 13.6 Å². The monoisotopic (exact) mass is 337 g/mol. The zero-order chi connectivity index (χ0) is 11.4. The van der Waals surface area contributed by atoms with Gasteiger partial charge in [0.15, 0.2) is 11.3 Å². The molecule has 0 aromatic carbocycles. The average Bonchev–Trinajstić information content (AvgIpc) is 2.10. The van der Waals surface area contributed by atoms with Crippen molar-refractivity contribution >= 4 is 49.5 Å². The summed E-state index contributed by atoms with van der Waals surface area (Å²) < 4.78 is 18.5. The van der Waals surface area contributed by atoms with Crippen molar-refractivity contribution in [3.63, 3.8) is 0 Å². The summed E-state index contributed by atoms with van der Waals surface area (Å²) in [6.45, 7) is -0.155.